The van der Waals surface area contributed by atoms with Gasteiger partial charge < -0.3 is 0 Å². The van der Waals surface area contributed by atoms with Gasteiger partial charge in [-0.2, -0.15) is 0 Å². The van der Waals surface area contributed by atoms with Crippen molar-refractivity contribution in [2.45, 2.75) is 6.92 Å². The molecule has 0 amide bonds. The van der Waals surface area contributed by atoms with Crippen LogP contribution in [0.1, 0.15) is 6.92 Å². The van der Waals surface area contributed by atoms with Crippen LogP contribution in [0.3, 0.4) is 0 Å². The maximum Gasteiger partial charge on any atom is 0.155 e. The molecule has 72 valence electrons. The van der Waals surface area contributed by atoms with Gasteiger partial charge in [0.2, 0.25) is 0 Å². The average Bonchev–Trinajstić information content (AvgIpc) is 2.14. The summed E-state index contributed by atoms with van der Waals surface area (Å²) in [6, 6.07) is 0. The summed E-state index contributed by atoms with van der Waals surface area (Å²) in [5.74, 6) is -0.0463. The number of allylic oxidation sites excluding steroid dienone is 1. The van der Waals surface area contributed by atoms with Gasteiger partial charge >= 0.3 is 33.9 Å². The van der Waals surface area contributed by atoms with Crippen LogP contribution < -0.4 is 0 Å². The normalized spacial score (nSPS) is 4.00. The Labute approximate surface area is 87.7 Å². The number of hydrogen-bond donors (Lipinski definition) is 0. The summed E-state index contributed by atoms with van der Waals surface area (Å²) >= 11 is 0. The van der Waals surface area contributed by atoms with Crippen LogP contribution in [-0.4, -0.2) is 5.78 Å². The summed E-state index contributed by atoms with van der Waals surface area (Å²) in [7, 11) is 0. The summed E-state index contributed by atoms with van der Waals surface area (Å²) in [6.07, 6.45) is 0. The van der Waals surface area contributed by atoms with Crippen molar-refractivity contribution in [2.24, 2.45) is 0 Å². The number of hydrogen-bond acceptors (Lipinski definition) is 1. The summed E-state index contributed by atoms with van der Waals surface area (Å²) in [4.78, 5) is 9.98. The molecule has 4 nitrogen and oxygen atoms in total. The van der Waals surface area contributed by atoms with Gasteiger partial charge in [-0.15, -0.1) is 0 Å². The fourth-order valence-corrected chi connectivity index (χ4v) is 0. The fraction of sp³-hybridized carbons (Fsp3) is 0.125. The first-order chi connectivity index (χ1) is 5.64. The standard InChI is InChI=1S/C5H7O.3CO.Co/c1-4(2)5(3)6;3*1-2;/h1-2H2,3H3;;;;. The second kappa shape index (κ2) is 43.4. The molecule has 0 bridgehead atoms. The topological polar surface area (TPSA) is 76.8 Å². The smallest absolute Gasteiger partial charge is 0.155 e. The summed E-state index contributed by atoms with van der Waals surface area (Å²) in [6.45, 7) is 21.5. The molecule has 0 spiro atoms. The molecule has 0 unspecified atom stereocenters. The Morgan fingerprint density at radius 1 is 1.08 bits per heavy atom. The first kappa shape index (κ1) is 29.6. The molecule has 0 aliphatic heterocycles. The Bertz CT molecular complexity index is 152. The minimum absolute atomic E-state index is 0. The van der Waals surface area contributed by atoms with E-state index >= 15 is 0 Å². The van der Waals surface area contributed by atoms with Gasteiger partial charge in [0.05, 0.1) is 0 Å². The fourth-order valence-electron chi connectivity index (χ4n) is 0. The Kier molecular flexibility index (Phi) is 98.6. The van der Waals surface area contributed by atoms with Crippen LogP contribution in [-0.2, 0) is 35.5 Å². The molecule has 0 rings (SSSR count). The van der Waals surface area contributed by atoms with Crippen LogP contribution in [0, 0.1) is 26.9 Å². The van der Waals surface area contributed by atoms with Crippen LogP contribution in [0.4, 0.5) is 0 Å². The molecule has 0 atom stereocenters. The molecule has 0 N–H and O–H groups in total. The number of rotatable bonds is 1. The zero-order chi connectivity index (χ0) is 11.2. The maximum absolute atomic E-state index is 9.98. The number of carbonyl (C=O) groups excluding carboxylic acids is 1. The van der Waals surface area contributed by atoms with Crippen molar-refractivity contribution < 1.29 is 35.5 Å². The second-order valence-electron chi connectivity index (χ2n) is 1.16. The Morgan fingerprint density at radius 3 is 1.15 bits per heavy atom. The zero-order valence-electron chi connectivity index (χ0n) is 6.88. The molecule has 2 radical (unpaired) electrons. The summed E-state index contributed by atoms with van der Waals surface area (Å²) in [5.41, 5.74) is 0.370. The van der Waals surface area contributed by atoms with Gasteiger partial charge in [0.25, 0.3) is 0 Å². The monoisotopic (exact) mass is 226 g/mol. The maximum atomic E-state index is 9.98. The van der Waals surface area contributed by atoms with Crippen molar-refractivity contribution in [3.05, 3.63) is 39.0 Å². The molecule has 0 heterocycles. The molecule has 0 aromatic carbocycles. The zero-order valence-corrected chi connectivity index (χ0v) is 7.92. The van der Waals surface area contributed by atoms with E-state index in [1.165, 1.54) is 6.92 Å². The van der Waals surface area contributed by atoms with Gasteiger partial charge in [-0.25, -0.2) is 0 Å². The predicted molar refractivity (Wildman–Crippen MR) is 37.0 cm³/mol. The number of Topliss-reactive ketones (excluding diaryl/α,β-unsaturated/α-hetero) is 1. The molecule has 0 aromatic rings. The molecule has 13 heavy (non-hydrogen) atoms. The minimum Gasteiger partial charge on any atom is -0.295 e. The van der Waals surface area contributed by atoms with E-state index < -0.39 is 0 Å². The molecular weight excluding hydrogens is 219 g/mol. The van der Waals surface area contributed by atoms with Crippen LogP contribution in [0.5, 0.6) is 0 Å². The molecule has 0 aliphatic rings. The van der Waals surface area contributed by atoms with E-state index in [0.29, 0.717) is 5.57 Å². The van der Waals surface area contributed by atoms with E-state index in [-0.39, 0.29) is 22.6 Å². The molecule has 0 aliphatic carbocycles. The predicted octanol–water partition coefficient (Wildman–Crippen LogP) is 0.851. The average molecular weight is 226 g/mol. The third-order valence-corrected chi connectivity index (χ3v) is 0.498. The van der Waals surface area contributed by atoms with Crippen LogP contribution >= 0.6 is 0 Å². The van der Waals surface area contributed by atoms with Crippen LogP contribution in [0.25, 0.3) is 0 Å². The third-order valence-electron chi connectivity index (χ3n) is 0.498. The number of carbonyl (C=O) groups is 1. The van der Waals surface area contributed by atoms with Gasteiger partial charge in [0, 0.05) is 16.8 Å². The Morgan fingerprint density at radius 2 is 1.15 bits per heavy atom. The van der Waals surface area contributed by atoms with E-state index in [1.54, 1.807) is 0 Å². The first-order valence-corrected chi connectivity index (χ1v) is 2.27. The van der Waals surface area contributed by atoms with Crippen molar-refractivity contribution in [1.82, 2.24) is 0 Å². The van der Waals surface area contributed by atoms with Crippen molar-refractivity contribution in [3.8, 4) is 0 Å². The summed E-state index contributed by atoms with van der Waals surface area (Å²) in [5, 5.41) is 0. The molecule has 0 aromatic heterocycles. The van der Waals surface area contributed by atoms with Gasteiger partial charge in [0.1, 0.15) is 0 Å². The Balaban J connectivity index is -0.0000000263. The van der Waals surface area contributed by atoms with Crippen LogP contribution in [0.15, 0.2) is 12.2 Å². The largest absolute Gasteiger partial charge is 0.295 e. The first-order valence-electron chi connectivity index (χ1n) is 2.27. The number of ketones is 1. The second-order valence-corrected chi connectivity index (χ2v) is 1.16. The van der Waals surface area contributed by atoms with Crippen molar-refractivity contribution >= 4 is 5.78 Å². The van der Waals surface area contributed by atoms with E-state index in [9.17, 15) is 4.79 Å². The quantitative estimate of drug-likeness (QED) is 0.371. The van der Waals surface area contributed by atoms with Crippen LogP contribution in [0.2, 0.25) is 0 Å². The van der Waals surface area contributed by atoms with Crippen molar-refractivity contribution in [1.29, 1.82) is 0 Å². The third kappa shape index (κ3) is 94.5. The molecule has 0 fully saturated rings. The molecule has 0 saturated heterocycles. The minimum atomic E-state index is -0.0463. The van der Waals surface area contributed by atoms with E-state index in [1.807, 2.05) is 0 Å². The van der Waals surface area contributed by atoms with Gasteiger partial charge in [0.15, 0.2) is 5.78 Å². The van der Waals surface area contributed by atoms with Gasteiger partial charge in [-0.1, -0.05) is 6.58 Å². The van der Waals surface area contributed by atoms with E-state index in [4.69, 9.17) is 14.0 Å². The molecule has 5 heteroatoms. The molecular formula is C8H7CoO4. The van der Waals surface area contributed by atoms with Gasteiger partial charge in [-0.05, 0) is 19.4 Å². The van der Waals surface area contributed by atoms with Crippen molar-refractivity contribution in [3.63, 3.8) is 0 Å². The van der Waals surface area contributed by atoms with E-state index in [0.717, 1.165) is 0 Å². The summed E-state index contributed by atoms with van der Waals surface area (Å²) < 4.78 is 22.5. The SMILES string of the molecule is [C-]#[O+].[C-]#[O+].[C-]#[O+].[CH2]C(=C)C(C)=O.[Co]. The molecule has 0 saturated carbocycles. The Hall–Kier alpha value is -0.864. The van der Waals surface area contributed by atoms with E-state index in [2.05, 4.69) is 33.5 Å². The van der Waals surface area contributed by atoms with Gasteiger partial charge in [-0.3, -0.25) is 4.79 Å². The van der Waals surface area contributed by atoms with Crippen molar-refractivity contribution in [2.75, 3.05) is 0 Å².